The molecule has 0 bridgehead atoms. The van der Waals surface area contributed by atoms with Gasteiger partial charge < -0.3 is 14.9 Å². The summed E-state index contributed by atoms with van der Waals surface area (Å²) < 4.78 is 5.34. The molecule has 2 N–H and O–H groups in total. The summed E-state index contributed by atoms with van der Waals surface area (Å²) in [7, 11) is 1.43. The summed E-state index contributed by atoms with van der Waals surface area (Å²) in [6.07, 6.45) is 8.88. The molecule has 0 aromatic heterocycles. The number of carbonyl (C=O) groups excluding carboxylic acids is 1. The molecule has 28 heavy (non-hydrogen) atoms. The Hall–Kier alpha value is -2.56. The van der Waals surface area contributed by atoms with Crippen LogP contribution < -0.4 is 4.74 Å². The van der Waals surface area contributed by atoms with Crippen LogP contribution in [0.3, 0.4) is 0 Å². The van der Waals surface area contributed by atoms with E-state index in [0.29, 0.717) is 21.7 Å². The lowest BCUT2D eigenvalue weighted by molar-refractivity contribution is 0.104. The highest BCUT2D eigenvalue weighted by Crippen LogP contribution is 2.41. The summed E-state index contributed by atoms with van der Waals surface area (Å²) in [6, 6.07) is 8.82. The summed E-state index contributed by atoms with van der Waals surface area (Å²) in [5.41, 5.74) is 2.84. The van der Waals surface area contributed by atoms with Crippen LogP contribution in [0.4, 0.5) is 0 Å². The zero-order valence-electron chi connectivity index (χ0n) is 15.7. The SMILES string of the molecule is COc1cc(CO)c(C2=CCCCC2)c(O)c1C(=O)/C=C/c1ccccc1Cl. The third kappa shape index (κ3) is 4.13. The number of benzene rings is 2. The Balaban J connectivity index is 2.07. The third-order valence-electron chi connectivity index (χ3n) is 4.91. The highest BCUT2D eigenvalue weighted by molar-refractivity contribution is 6.32. The number of phenolic OH excluding ortho intramolecular Hbond substituents is 1. The molecule has 5 heteroatoms. The number of methoxy groups -OCH3 is 1. The smallest absolute Gasteiger partial charge is 0.193 e. The molecule has 1 aliphatic rings. The topological polar surface area (TPSA) is 66.8 Å². The van der Waals surface area contributed by atoms with E-state index in [2.05, 4.69) is 6.08 Å². The number of carbonyl (C=O) groups is 1. The second kappa shape index (κ2) is 9.09. The first kappa shape index (κ1) is 20.2. The van der Waals surface area contributed by atoms with Crippen LogP contribution in [0.15, 0.2) is 42.5 Å². The maximum atomic E-state index is 12.9. The lowest BCUT2D eigenvalue weighted by Crippen LogP contribution is -2.06. The van der Waals surface area contributed by atoms with Crippen LogP contribution in [0, 0.1) is 0 Å². The van der Waals surface area contributed by atoms with Gasteiger partial charge in [-0.2, -0.15) is 0 Å². The van der Waals surface area contributed by atoms with E-state index in [1.54, 1.807) is 24.3 Å². The van der Waals surface area contributed by atoms with Gasteiger partial charge in [0.05, 0.1) is 13.7 Å². The first-order chi connectivity index (χ1) is 13.6. The molecule has 1 aliphatic carbocycles. The van der Waals surface area contributed by atoms with Gasteiger partial charge in [-0.05, 0) is 66.7 Å². The molecule has 0 saturated carbocycles. The molecule has 0 heterocycles. The average molecular weight is 399 g/mol. The molecule has 4 nitrogen and oxygen atoms in total. The van der Waals surface area contributed by atoms with Crippen LogP contribution in [-0.4, -0.2) is 23.1 Å². The molecule has 0 radical (unpaired) electrons. The van der Waals surface area contributed by atoms with Gasteiger partial charge >= 0.3 is 0 Å². The van der Waals surface area contributed by atoms with Crippen molar-refractivity contribution in [3.63, 3.8) is 0 Å². The van der Waals surface area contributed by atoms with Gasteiger partial charge in [0, 0.05) is 10.6 Å². The Morgan fingerprint density at radius 1 is 1.29 bits per heavy atom. The number of allylic oxidation sites excluding steroid dienone is 3. The number of ketones is 1. The Morgan fingerprint density at radius 3 is 2.71 bits per heavy atom. The molecule has 3 rings (SSSR count). The van der Waals surface area contributed by atoms with Crippen LogP contribution >= 0.6 is 11.6 Å². The quantitative estimate of drug-likeness (QED) is 0.505. The Bertz CT molecular complexity index is 944. The van der Waals surface area contributed by atoms with Gasteiger partial charge in [0.25, 0.3) is 0 Å². The maximum absolute atomic E-state index is 12.9. The molecule has 2 aromatic carbocycles. The molecule has 0 unspecified atom stereocenters. The Morgan fingerprint density at radius 2 is 2.07 bits per heavy atom. The Kier molecular flexibility index (Phi) is 6.55. The monoisotopic (exact) mass is 398 g/mol. The lowest BCUT2D eigenvalue weighted by atomic mass is 9.87. The van der Waals surface area contributed by atoms with Crippen molar-refractivity contribution in [2.45, 2.75) is 32.3 Å². The van der Waals surface area contributed by atoms with E-state index in [4.69, 9.17) is 16.3 Å². The number of phenols is 1. The van der Waals surface area contributed by atoms with Gasteiger partial charge in [-0.1, -0.05) is 35.9 Å². The predicted octanol–water partition coefficient (Wildman–Crippen LogP) is 5.40. The molecule has 146 valence electrons. The number of aliphatic hydroxyl groups is 1. The fourth-order valence-corrected chi connectivity index (χ4v) is 3.70. The number of ether oxygens (including phenoxy) is 1. The first-order valence-electron chi connectivity index (χ1n) is 9.26. The van der Waals surface area contributed by atoms with Gasteiger partial charge in [0.2, 0.25) is 0 Å². The van der Waals surface area contributed by atoms with E-state index in [-0.39, 0.29) is 23.7 Å². The van der Waals surface area contributed by atoms with Crippen LogP contribution in [0.2, 0.25) is 5.02 Å². The molecule has 0 fully saturated rings. The fourth-order valence-electron chi connectivity index (χ4n) is 3.50. The van der Waals surface area contributed by atoms with Crippen molar-refractivity contribution in [1.29, 1.82) is 0 Å². The van der Waals surface area contributed by atoms with Crippen LogP contribution in [-0.2, 0) is 6.61 Å². The van der Waals surface area contributed by atoms with Gasteiger partial charge in [-0.3, -0.25) is 4.79 Å². The number of rotatable bonds is 6. The summed E-state index contributed by atoms with van der Waals surface area (Å²) in [6.45, 7) is -0.249. The summed E-state index contributed by atoms with van der Waals surface area (Å²) in [4.78, 5) is 12.9. The van der Waals surface area contributed by atoms with E-state index >= 15 is 0 Å². The molecular weight excluding hydrogens is 376 g/mol. The molecular formula is C23H23ClO4. The zero-order valence-corrected chi connectivity index (χ0v) is 16.5. The zero-order chi connectivity index (χ0) is 20.1. The first-order valence-corrected chi connectivity index (χ1v) is 9.64. The number of hydrogen-bond acceptors (Lipinski definition) is 4. The van der Waals surface area contributed by atoms with E-state index in [1.807, 2.05) is 12.1 Å². The lowest BCUT2D eigenvalue weighted by Gasteiger charge is -2.20. The summed E-state index contributed by atoms with van der Waals surface area (Å²) in [5, 5.41) is 21.3. The van der Waals surface area contributed by atoms with E-state index in [1.165, 1.54) is 13.2 Å². The van der Waals surface area contributed by atoms with Crippen molar-refractivity contribution in [3.05, 3.63) is 69.8 Å². The molecule has 0 spiro atoms. The maximum Gasteiger partial charge on any atom is 0.193 e. The fraction of sp³-hybridized carbons (Fsp3) is 0.261. The number of hydrogen-bond donors (Lipinski definition) is 2. The second-order valence-electron chi connectivity index (χ2n) is 6.69. The Labute approximate surface area is 169 Å². The molecule has 0 amide bonds. The van der Waals surface area contributed by atoms with Gasteiger partial charge in [-0.15, -0.1) is 0 Å². The number of halogens is 1. The van der Waals surface area contributed by atoms with E-state index in [0.717, 1.165) is 31.3 Å². The van der Waals surface area contributed by atoms with Crippen LogP contribution in [0.25, 0.3) is 11.6 Å². The summed E-state index contributed by atoms with van der Waals surface area (Å²) >= 11 is 6.14. The van der Waals surface area contributed by atoms with Crippen LogP contribution in [0.1, 0.15) is 52.7 Å². The second-order valence-corrected chi connectivity index (χ2v) is 7.10. The van der Waals surface area contributed by atoms with Crippen molar-refractivity contribution in [1.82, 2.24) is 0 Å². The van der Waals surface area contributed by atoms with Crippen molar-refractivity contribution >= 4 is 29.0 Å². The standard InChI is InChI=1S/C23H23ClO4/c1-28-20-13-17(14-25)21(16-8-3-2-4-9-16)23(27)22(20)19(26)12-11-15-7-5-6-10-18(15)24/h5-8,10-13,25,27H,2-4,9,14H2,1H3/b12-11+. The molecule has 0 atom stereocenters. The van der Waals surface area contributed by atoms with Crippen LogP contribution in [0.5, 0.6) is 11.5 Å². The molecule has 0 aliphatic heterocycles. The normalized spacial score (nSPS) is 14.2. The minimum absolute atomic E-state index is 0.0875. The third-order valence-corrected chi connectivity index (χ3v) is 5.26. The van der Waals surface area contributed by atoms with Crippen molar-refractivity contribution in [3.8, 4) is 11.5 Å². The number of aliphatic hydroxyl groups excluding tert-OH is 1. The summed E-state index contributed by atoms with van der Waals surface area (Å²) in [5.74, 6) is -0.308. The van der Waals surface area contributed by atoms with Crippen molar-refractivity contribution in [2.75, 3.05) is 7.11 Å². The molecule has 0 saturated heterocycles. The minimum Gasteiger partial charge on any atom is -0.506 e. The predicted molar refractivity (Wildman–Crippen MR) is 112 cm³/mol. The minimum atomic E-state index is -0.392. The van der Waals surface area contributed by atoms with E-state index < -0.39 is 5.78 Å². The molecule has 2 aromatic rings. The largest absolute Gasteiger partial charge is 0.506 e. The highest BCUT2D eigenvalue weighted by Gasteiger charge is 2.24. The van der Waals surface area contributed by atoms with Crippen molar-refractivity contribution < 1.29 is 19.7 Å². The van der Waals surface area contributed by atoms with Gasteiger partial charge in [-0.25, -0.2) is 0 Å². The number of aromatic hydroxyl groups is 1. The van der Waals surface area contributed by atoms with Gasteiger partial charge in [0.15, 0.2) is 5.78 Å². The van der Waals surface area contributed by atoms with Gasteiger partial charge in [0.1, 0.15) is 17.1 Å². The van der Waals surface area contributed by atoms with E-state index in [9.17, 15) is 15.0 Å². The highest BCUT2D eigenvalue weighted by atomic mass is 35.5. The average Bonchev–Trinajstić information content (AvgIpc) is 2.72. The van der Waals surface area contributed by atoms with Crippen molar-refractivity contribution in [2.24, 2.45) is 0 Å².